The Morgan fingerprint density at radius 1 is 1.19 bits per heavy atom. The van der Waals surface area contributed by atoms with E-state index in [9.17, 15) is 13.6 Å². The Bertz CT molecular complexity index is 689. The highest BCUT2D eigenvalue weighted by molar-refractivity contribution is 6.33. The summed E-state index contributed by atoms with van der Waals surface area (Å²) in [5.74, 6) is -2.98. The fourth-order valence-electron chi connectivity index (χ4n) is 1.82. The second-order valence-electron chi connectivity index (χ2n) is 4.62. The van der Waals surface area contributed by atoms with E-state index in [2.05, 4.69) is 5.32 Å². The highest BCUT2D eigenvalue weighted by Crippen LogP contribution is 2.27. The van der Waals surface area contributed by atoms with Crippen LogP contribution in [0.2, 0.25) is 5.02 Å². The summed E-state index contributed by atoms with van der Waals surface area (Å²) in [7, 11) is 3.67. The number of carbonyl (C=O) groups excluding carboxylic acids is 1. The molecule has 2 rings (SSSR count). The number of nitrogens with one attached hydrogen (secondary N) is 1. The van der Waals surface area contributed by atoms with Crippen LogP contribution in [-0.2, 0) is 0 Å². The van der Waals surface area contributed by atoms with E-state index in [-0.39, 0.29) is 5.56 Å². The summed E-state index contributed by atoms with van der Waals surface area (Å²) in [6.07, 6.45) is 0. The highest BCUT2D eigenvalue weighted by atomic mass is 35.5. The first-order valence-corrected chi connectivity index (χ1v) is 6.50. The van der Waals surface area contributed by atoms with Gasteiger partial charge in [-0.25, -0.2) is 8.78 Å². The molecule has 2 aromatic rings. The SMILES string of the molecule is CN(C)c1ccc(NC(=O)c2cccc(F)c2F)cc1Cl. The molecular formula is C15H13ClF2N2O. The predicted molar refractivity (Wildman–Crippen MR) is 80.1 cm³/mol. The average Bonchev–Trinajstić information content (AvgIpc) is 2.41. The van der Waals surface area contributed by atoms with Gasteiger partial charge in [-0.05, 0) is 30.3 Å². The Morgan fingerprint density at radius 2 is 1.90 bits per heavy atom. The number of nitrogens with zero attached hydrogens (tertiary/aromatic N) is 1. The van der Waals surface area contributed by atoms with Crippen molar-refractivity contribution >= 4 is 28.9 Å². The van der Waals surface area contributed by atoms with E-state index < -0.39 is 17.5 Å². The maximum Gasteiger partial charge on any atom is 0.258 e. The monoisotopic (exact) mass is 310 g/mol. The molecule has 3 nitrogen and oxygen atoms in total. The Labute approximate surface area is 126 Å². The van der Waals surface area contributed by atoms with Crippen LogP contribution in [0.5, 0.6) is 0 Å². The van der Waals surface area contributed by atoms with Crippen molar-refractivity contribution in [3.8, 4) is 0 Å². The first kappa shape index (κ1) is 15.3. The molecule has 6 heteroatoms. The van der Waals surface area contributed by atoms with E-state index in [1.165, 1.54) is 12.1 Å². The average molecular weight is 311 g/mol. The summed E-state index contributed by atoms with van der Waals surface area (Å²) in [6, 6.07) is 8.34. The van der Waals surface area contributed by atoms with Crippen LogP contribution in [0, 0.1) is 11.6 Å². The van der Waals surface area contributed by atoms with Crippen LogP contribution >= 0.6 is 11.6 Å². The van der Waals surface area contributed by atoms with Gasteiger partial charge in [0.05, 0.1) is 16.3 Å². The lowest BCUT2D eigenvalue weighted by molar-refractivity contribution is 0.102. The van der Waals surface area contributed by atoms with Gasteiger partial charge in [0.15, 0.2) is 11.6 Å². The fraction of sp³-hybridized carbons (Fsp3) is 0.133. The summed E-state index contributed by atoms with van der Waals surface area (Å²) >= 11 is 6.08. The first-order valence-electron chi connectivity index (χ1n) is 6.12. The van der Waals surface area contributed by atoms with Gasteiger partial charge in [0, 0.05) is 19.8 Å². The number of anilines is 2. The maximum absolute atomic E-state index is 13.5. The van der Waals surface area contributed by atoms with E-state index in [4.69, 9.17) is 11.6 Å². The zero-order chi connectivity index (χ0) is 15.6. The number of halogens is 3. The number of rotatable bonds is 3. The molecule has 0 aliphatic carbocycles. The Hall–Kier alpha value is -2.14. The molecule has 0 unspecified atom stereocenters. The van der Waals surface area contributed by atoms with Crippen LogP contribution < -0.4 is 10.2 Å². The molecule has 0 heterocycles. The van der Waals surface area contributed by atoms with Crippen LogP contribution in [0.1, 0.15) is 10.4 Å². The third-order valence-corrected chi connectivity index (χ3v) is 3.19. The lowest BCUT2D eigenvalue weighted by atomic mass is 10.2. The molecule has 110 valence electrons. The van der Waals surface area contributed by atoms with Gasteiger partial charge in [-0.3, -0.25) is 4.79 Å². The van der Waals surface area contributed by atoms with E-state index >= 15 is 0 Å². The molecule has 2 aromatic carbocycles. The third kappa shape index (κ3) is 3.31. The summed E-state index contributed by atoms with van der Waals surface area (Å²) in [4.78, 5) is 13.8. The molecular weight excluding hydrogens is 298 g/mol. The third-order valence-electron chi connectivity index (χ3n) is 2.88. The van der Waals surface area contributed by atoms with Crippen molar-refractivity contribution in [3.63, 3.8) is 0 Å². The van der Waals surface area contributed by atoms with Crippen LogP contribution in [0.3, 0.4) is 0 Å². The van der Waals surface area contributed by atoms with Crippen LogP contribution in [0.25, 0.3) is 0 Å². The minimum Gasteiger partial charge on any atom is -0.376 e. The van der Waals surface area contributed by atoms with Crippen molar-refractivity contribution in [2.45, 2.75) is 0 Å². The van der Waals surface area contributed by atoms with Crippen molar-refractivity contribution in [1.29, 1.82) is 0 Å². The molecule has 0 aliphatic rings. The van der Waals surface area contributed by atoms with Gasteiger partial charge in [-0.15, -0.1) is 0 Å². The van der Waals surface area contributed by atoms with Crippen molar-refractivity contribution in [1.82, 2.24) is 0 Å². The molecule has 0 bridgehead atoms. The van der Waals surface area contributed by atoms with Gasteiger partial charge in [-0.1, -0.05) is 17.7 Å². The quantitative estimate of drug-likeness (QED) is 0.931. The number of benzene rings is 2. The lowest BCUT2D eigenvalue weighted by Crippen LogP contribution is -2.15. The fourth-order valence-corrected chi connectivity index (χ4v) is 2.17. The summed E-state index contributed by atoms with van der Waals surface area (Å²) in [5.41, 5.74) is 0.827. The first-order chi connectivity index (χ1) is 9.90. The van der Waals surface area contributed by atoms with E-state index in [0.29, 0.717) is 10.7 Å². The minimum atomic E-state index is -1.17. The molecule has 0 radical (unpaired) electrons. The van der Waals surface area contributed by atoms with Gasteiger partial charge < -0.3 is 10.2 Å². The van der Waals surface area contributed by atoms with Gasteiger partial charge in [-0.2, -0.15) is 0 Å². The van der Waals surface area contributed by atoms with Gasteiger partial charge in [0.25, 0.3) is 5.91 Å². The van der Waals surface area contributed by atoms with Crippen LogP contribution in [0.15, 0.2) is 36.4 Å². The van der Waals surface area contributed by atoms with Crippen molar-refractivity contribution in [3.05, 3.63) is 58.6 Å². The van der Waals surface area contributed by atoms with Gasteiger partial charge in [0.2, 0.25) is 0 Å². The smallest absolute Gasteiger partial charge is 0.258 e. The molecule has 0 saturated heterocycles. The second-order valence-corrected chi connectivity index (χ2v) is 5.02. The van der Waals surface area contributed by atoms with Gasteiger partial charge >= 0.3 is 0 Å². The molecule has 0 atom stereocenters. The molecule has 0 spiro atoms. The largest absolute Gasteiger partial charge is 0.376 e. The normalized spacial score (nSPS) is 10.3. The number of hydrogen-bond acceptors (Lipinski definition) is 2. The standard InChI is InChI=1S/C15H13ClF2N2O/c1-20(2)13-7-6-9(8-11(13)16)19-15(21)10-4-3-5-12(17)14(10)18/h3-8H,1-2H3,(H,19,21). The van der Waals surface area contributed by atoms with E-state index in [1.54, 1.807) is 18.2 Å². The highest BCUT2D eigenvalue weighted by Gasteiger charge is 2.15. The number of carbonyl (C=O) groups is 1. The topological polar surface area (TPSA) is 32.3 Å². The van der Waals surface area contributed by atoms with Crippen molar-refractivity contribution < 1.29 is 13.6 Å². The number of amides is 1. The molecule has 1 amide bonds. The summed E-state index contributed by atoms with van der Waals surface area (Å²) in [6.45, 7) is 0. The molecule has 0 saturated carbocycles. The molecule has 0 fully saturated rings. The number of hydrogen-bond donors (Lipinski definition) is 1. The Kier molecular flexibility index (Phi) is 4.43. The van der Waals surface area contributed by atoms with Crippen molar-refractivity contribution in [2.24, 2.45) is 0 Å². The van der Waals surface area contributed by atoms with Crippen LogP contribution in [0.4, 0.5) is 20.2 Å². The molecule has 0 aromatic heterocycles. The predicted octanol–water partition coefficient (Wildman–Crippen LogP) is 3.94. The molecule has 0 aliphatic heterocycles. The molecule has 21 heavy (non-hydrogen) atoms. The Balaban J connectivity index is 2.24. The summed E-state index contributed by atoms with van der Waals surface area (Å²) < 4.78 is 26.6. The maximum atomic E-state index is 13.5. The van der Waals surface area contributed by atoms with E-state index in [0.717, 1.165) is 11.8 Å². The zero-order valence-corrected chi connectivity index (χ0v) is 12.2. The summed E-state index contributed by atoms with van der Waals surface area (Å²) in [5, 5.41) is 2.93. The second kappa shape index (κ2) is 6.10. The zero-order valence-electron chi connectivity index (χ0n) is 11.5. The van der Waals surface area contributed by atoms with Crippen LogP contribution in [-0.4, -0.2) is 20.0 Å². The van der Waals surface area contributed by atoms with Crippen molar-refractivity contribution in [2.75, 3.05) is 24.3 Å². The van der Waals surface area contributed by atoms with Gasteiger partial charge in [0.1, 0.15) is 0 Å². The Morgan fingerprint density at radius 3 is 2.52 bits per heavy atom. The van der Waals surface area contributed by atoms with E-state index in [1.807, 2.05) is 19.0 Å². The minimum absolute atomic E-state index is 0.359. The lowest BCUT2D eigenvalue weighted by Gasteiger charge is -2.15. The molecule has 1 N–H and O–H groups in total.